The molecule has 0 unspecified atom stereocenters. The fourth-order valence-corrected chi connectivity index (χ4v) is 0.758. The van der Waals surface area contributed by atoms with Gasteiger partial charge in [-0.1, -0.05) is 0 Å². The van der Waals surface area contributed by atoms with Gasteiger partial charge in [0.25, 0.3) is 5.91 Å². The van der Waals surface area contributed by atoms with Crippen LogP contribution in [0, 0.1) is 0 Å². The highest BCUT2D eigenvalue weighted by molar-refractivity contribution is 5.90. The Labute approximate surface area is 75.3 Å². The van der Waals surface area contributed by atoms with E-state index >= 15 is 0 Å². The summed E-state index contributed by atoms with van der Waals surface area (Å²) in [5, 5.41) is 10.2. The molecule has 0 atom stereocenters. The Morgan fingerprint density at radius 2 is 2.23 bits per heavy atom. The summed E-state index contributed by atoms with van der Waals surface area (Å²) >= 11 is 0. The van der Waals surface area contributed by atoms with E-state index in [1.165, 1.54) is 6.07 Å². The van der Waals surface area contributed by atoms with E-state index in [0.29, 0.717) is 18.9 Å². The summed E-state index contributed by atoms with van der Waals surface area (Å²) in [7, 11) is 0. The summed E-state index contributed by atoms with van der Waals surface area (Å²) < 4.78 is 0. The zero-order valence-corrected chi connectivity index (χ0v) is 7.03. The molecule has 0 bridgehead atoms. The number of hydrogen-bond donors (Lipinski definition) is 3. The number of amides is 1. The van der Waals surface area contributed by atoms with Gasteiger partial charge in [0.1, 0.15) is 5.82 Å². The maximum atomic E-state index is 10.6. The lowest BCUT2D eigenvalue weighted by atomic mass is 10.4. The second-order valence-electron chi connectivity index (χ2n) is 2.38. The predicted octanol–water partition coefficient (Wildman–Crippen LogP) is -1.05. The van der Waals surface area contributed by atoms with Gasteiger partial charge >= 0.3 is 0 Å². The molecule has 5 N–H and O–H groups in total. The Hall–Kier alpha value is -1.69. The molecule has 0 aromatic carbocycles. The van der Waals surface area contributed by atoms with Gasteiger partial charge in [0.2, 0.25) is 0 Å². The number of nitrogens with one attached hydrogen (secondary N) is 1. The molecule has 13 heavy (non-hydrogen) atoms. The molecule has 6 nitrogen and oxygen atoms in total. The largest absolute Gasteiger partial charge is 0.367 e. The first kappa shape index (κ1) is 9.40. The van der Waals surface area contributed by atoms with E-state index in [1.54, 1.807) is 6.07 Å². The van der Waals surface area contributed by atoms with Gasteiger partial charge in [0.05, 0.1) is 0 Å². The second kappa shape index (κ2) is 4.36. The molecule has 0 fully saturated rings. The zero-order chi connectivity index (χ0) is 9.68. The Kier molecular flexibility index (Phi) is 3.15. The molecule has 70 valence electrons. The molecule has 1 rings (SSSR count). The minimum atomic E-state index is -0.585. The van der Waals surface area contributed by atoms with Crippen LogP contribution in [0.4, 0.5) is 5.82 Å². The second-order valence-corrected chi connectivity index (χ2v) is 2.38. The average molecular weight is 181 g/mol. The lowest BCUT2D eigenvalue weighted by molar-refractivity contribution is 0.0994. The molecular weight excluding hydrogens is 170 g/mol. The number of nitrogens with zero attached hydrogens (tertiary/aromatic N) is 2. The summed E-state index contributed by atoms with van der Waals surface area (Å²) in [5.41, 5.74) is 10.4. The topological polar surface area (TPSA) is 107 Å². The highest BCUT2D eigenvalue weighted by atomic mass is 16.1. The Morgan fingerprint density at radius 1 is 1.46 bits per heavy atom. The fourth-order valence-electron chi connectivity index (χ4n) is 0.758. The van der Waals surface area contributed by atoms with Crippen molar-refractivity contribution in [1.82, 2.24) is 10.2 Å². The van der Waals surface area contributed by atoms with Crippen LogP contribution in [-0.2, 0) is 0 Å². The number of primary amides is 1. The van der Waals surface area contributed by atoms with Crippen molar-refractivity contribution in [3.8, 4) is 0 Å². The molecular formula is C7H11N5O. The summed E-state index contributed by atoms with van der Waals surface area (Å²) in [6.45, 7) is 1.13. The zero-order valence-electron chi connectivity index (χ0n) is 7.03. The number of hydrogen-bond acceptors (Lipinski definition) is 5. The van der Waals surface area contributed by atoms with Crippen LogP contribution in [-0.4, -0.2) is 29.2 Å². The first-order chi connectivity index (χ1) is 6.24. The SMILES string of the molecule is NCCNc1ccc(C(N)=O)nn1. The van der Waals surface area contributed by atoms with Gasteiger partial charge in [0.15, 0.2) is 5.69 Å². The van der Waals surface area contributed by atoms with Crippen molar-refractivity contribution >= 4 is 11.7 Å². The van der Waals surface area contributed by atoms with Crippen LogP contribution in [0.3, 0.4) is 0 Å². The molecule has 1 aromatic heterocycles. The van der Waals surface area contributed by atoms with Crippen LogP contribution in [0.5, 0.6) is 0 Å². The number of carbonyl (C=O) groups is 1. The van der Waals surface area contributed by atoms with Gasteiger partial charge in [-0.25, -0.2) is 0 Å². The van der Waals surface area contributed by atoms with Gasteiger partial charge in [-0.15, -0.1) is 10.2 Å². The van der Waals surface area contributed by atoms with Gasteiger partial charge in [-0.05, 0) is 12.1 Å². The lowest BCUT2D eigenvalue weighted by Gasteiger charge is -2.01. The van der Waals surface area contributed by atoms with Gasteiger partial charge < -0.3 is 16.8 Å². The van der Waals surface area contributed by atoms with Crippen molar-refractivity contribution in [2.45, 2.75) is 0 Å². The highest BCUT2D eigenvalue weighted by Gasteiger charge is 2.01. The van der Waals surface area contributed by atoms with Crippen molar-refractivity contribution < 1.29 is 4.79 Å². The van der Waals surface area contributed by atoms with Crippen molar-refractivity contribution in [2.24, 2.45) is 11.5 Å². The van der Waals surface area contributed by atoms with Gasteiger partial charge in [-0.3, -0.25) is 4.79 Å². The molecule has 0 saturated heterocycles. The third-order valence-corrected chi connectivity index (χ3v) is 1.37. The van der Waals surface area contributed by atoms with Crippen molar-refractivity contribution in [1.29, 1.82) is 0 Å². The van der Waals surface area contributed by atoms with Gasteiger partial charge in [0, 0.05) is 13.1 Å². The van der Waals surface area contributed by atoms with E-state index in [9.17, 15) is 4.79 Å². The number of rotatable bonds is 4. The standard InChI is InChI=1S/C7H11N5O/c8-3-4-10-6-2-1-5(7(9)13)11-12-6/h1-2H,3-4,8H2,(H2,9,13)(H,10,12). The molecule has 1 aromatic rings. The maximum Gasteiger partial charge on any atom is 0.269 e. The Balaban J connectivity index is 2.64. The summed E-state index contributed by atoms with van der Waals surface area (Å²) in [5.74, 6) is -0.00618. The van der Waals surface area contributed by atoms with Crippen molar-refractivity contribution in [3.63, 3.8) is 0 Å². The summed E-state index contributed by atoms with van der Waals surface area (Å²) in [6.07, 6.45) is 0. The maximum absolute atomic E-state index is 10.6. The van der Waals surface area contributed by atoms with Crippen LogP contribution in [0.2, 0.25) is 0 Å². The Morgan fingerprint density at radius 3 is 2.69 bits per heavy atom. The quantitative estimate of drug-likeness (QED) is 0.549. The van der Waals surface area contributed by atoms with E-state index in [-0.39, 0.29) is 5.69 Å². The van der Waals surface area contributed by atoms with E-state index < -0.39 is 5.91 Å². The molecule has 6 heteroatoms. The van der Waals surface area contributed by atoms with Crippen LogP contribution in [0.1, 0.15) is 10.5 Å². The molecule has 0 spiro atoms. The molecule has 0 aliphatic heterocycles. The highest BCUT2D eigenvalue weighted by Crippen LogP contribution is 1.99. The molecule has 0 aliphatic carbocycles. The van der Waals surface area contributed by atoms with Crippen molar-refractivity contribution in [2.75, 3.05) is 18.4 Å². The Bertz CT molecular complexity index is 283. The van der Waals surface area contributed by atoms with E-state index in [2.05, 4.69) is 15.5 Å². The first-order valence-electron chi connectivity index (χ1n) is 3.81. The molecule has 0 aliphatic rings. The monoisotopic (exact) mass is 181 g/mol. The normalized spacial score (nSPS) is 9.62. The van der Waals surface area contributed by atoms with E-state index in [4.69, 9.17) is 11.5 Å². The van der Waals surface area contributed by atoms with E-state index in [1.807, 2.05) is 0 Å². The number of aromatic nitrogens is 2. The van der Waals surface area contributed by atoms with Crippen molar-refractivity contribution in [3.05, 3.63) is 17.8 Å². The van der Waals surface area contributed by atoms with E-state index in [0.717, 1.165) is 0 Å². The molecule has 1 heterocycles. The number of anilines is 1. The summed E-state index contributed by atoms with van der Waals surface area (Å²) in [4.78, 5) is 10.6. The predicted molar refractivity (Wildman–Crippen MR) is 48.1 cm³/mol. The van der Waals surface area contributed by atoms with Crippen LogP contribution >= 0.6 is 0 Å². The summed E-state index contributed by atoms with van der Waals surface area (Å²) in [6, 6.07) is 3.14. The lowest BCUT2D eigenvalue weighted by Crippen LogP contribution is -2.16. The molecule has 1 amide bonds. The van der Waals surface area contributed by atoms with Crippen LogP contribution in [0.25, 0.3) is 0 Å². The number of nitrogens with two attached hydrogens (primary N) is 2. The minimum Gasteiger partial charge on any atom is -0.367 e. The number of carbonyl (C=O) groups excluding carboxylic acids is 1. The van der Waals surface area contributed by atoms with Crippen LogP contribution < -0.4 is 16.8 Å². The molecule has 0 saturated carbocycles. The van der Waals surface area contributed by atoms with Crippen LogP contribution in [0.15, 0.2) is 12.1 Å². The third kappa shape index (κ3) is 2.68. The smallest absolute Gasteiger partial charge is 0.269 e. The first-order valence-corrected chi connectivity index (χ1v) is 3.81. The minimum absolute atomic E-state index is 0.151. The average Bonchev–Trinajstić information content (AvgIpc) is 2.15. The molecule has 0 radical (unpaired) electrons. The fraction of sp³-hybridized carbons (Fsp3) is 0.286. The third-order valence-electron chi connectivity index (χ3n) is 1.37. The van der Waals surface area contributed by atoms with Gasteiger partial charge in [-0.2, -0.15) is 0 Å².